The summed E-state index contributed by atoms with van der Waals surface area (Å²) < 4.78 is 16.9. The minimum absolute atomic E-state index is 0.393. The van der Waals surface area contributed by atoms with Crippen molar-refractivity contribution in [2.24, 2.45) is 0 Å². The molecule has 2 unspecified atom stereocenters. The summed E-state index contributed by atoms with van der Waals surface area (Å²) in [6.45, 7) is 0. The van der Waals surface area contributed by atoms with Crippen LogP contribution in [0.15, 0.2) is 6.33 Å². The number of aromatic carboxylic acids is 1. The van der Waals surface area contributed by atoms with Crippen molar-refractivity contribution < 1.29 is 44.3 Å². The number of aliphatic hydroxyl groups excluding tert-OH is 3. The minimum Gasteiger partial charge on any atom is -0.476 e. The van der Waals surface area contributed by atoms with Crippen molar-refractivity contribution in [2.75, 3.05) is 5.73 Å². The van der Waals surface area contributed by atoms with Crippen LogP contribution >= 0.6 is 7.60 Å². The molecular formula is C9H14N3O9P. The van der Waals surface area contributed by atoms with Gasteiger partial charge in [-0.25, -0.2) is 9.78 Å². The first kappa shape index (κ1) is 16.8. The summed E-state index contributed by atoms with van der Waals surface area (Å²) in [4.78, 5) is 32.1. The molecule has 0 aromatic carbocycles. The summed E-state index contributed by atoms with van der Waals surface area (Å²) in [6, 6.07) is 0. The Balaban J connectivity index is 2.31. The predicted molar refractivity (Wildman–Crippen MR) is 67.6 cm³/mol. The van der Waals surface area contributed by atoms with E-state index in [0.717, 1.165) is 10.9 Å². The molecular weight excluding hydrogens is 325 g/mol. The summed E-state index contributed by atoms with van der Waals surface area (Å²) in [5.41, 5.74) is 5.01. The highest BCUT2D eigenvalue weighted by atomic mass is 31.2. The zero-order chi connectivity index (χ0) is 16.8. The van der Waals surface area contributed by atoms with Gasteiger partial charge in [0.25, 0.3) is 0 Å². The molecule has 1 fully saturated rings. The second-order valence-electron chi connectivity index (χ2n) is 4.67. The van der Waals surface area contributed by atoms with Crippen LogP contribution < -0.4 is 5.73 Å². The van der Waals surface area contributed by atoms with Crippen molar-refractivity contribution in [1.29, 1.82) is 0 Å². The van der Waals surface area contributed by atoms with Gasteiger partial charge in [-0.3, -0.25) is 9.13 Å². The number of hydrogen-bond donors (Lipinski definition) is 7. The molecule has 12 nitrogen and oxygen atoms in total. The summed E-state index contributed by atoms with van der Waals surface area (Å²) in [7, 11) is -5.00. The Morgan fingerprint density at radius 1 is 1.41 bits per heavy atom. The number of imidazole rings is 1. The molecule has 0 saturated carbocycles. The molecule has 0 spiro atoms. The first-order chi connectivity index (χ1) is 10.1. The fourth-order valence-electron chi connectivity index (χ4n) is 2.09. The molecule has 1 saturated heterocycles. The van der Waals surface area contributed by atoms with Crippen LogP contribution in [0.5, 0.6) is 0 Å². The molecule has 5 atom stereocenters. The first-order valence-electron chi connectivity index (χ1n) is 5.86. The molecule has 2 heterocycles. The Kier molecular flexibility index (Phi) is 4.28. The van der Waals surface area contributed by atoms with E-state index in [1.165, 1.54) is 0 Å². The van der Waals surface area contributed by atoms with Gasteiger partial charge in [0.05, 0.1) is 6.33 Å². The molecule has 0 radical (unpaired) electrons. The van der Waals surface area contributed by atoms with Crippen LogP contribution in [-0.4, -0.2) is 69.9 Å². The lowest BCUT2D eigenvalue weighted by atomic mass is 10.1. The second kappa shape index (κ2) is 5.59. The third-order valence-electron chi connectivity index (χ3n) is 3.22. The molecule has 0 amide bonds. The molecule has 13 heteroatoms. The maximum absolute atomic E-state index is 11.0. The Labute approximate surface area is 122 Å². The van der Waals surface area contributed by atoms with Crippen molar-refractivity contribution in [2.45, 2.75) is 30.4 Å². The number of nitrogens with two attached hydrogens (primary N) is 1. The van der Waals surface area contributed by atoms with Gasteiger partial charge >= 0.3 is 13.6 Å². The molecule has 1 aliphatic heterocycles. The third kappa shape index (κ3) is 2.73. The quantitative estimate of drug-likeness (QED) is 0.280. The van der Waals surface area contributed by atoms with Gasteiger partial charge in [-0.2, -0.15) is 0 Å². The van der Waals surface area contributed by atoms with Crippen molar-refractivity contribution in [1.82, 2.24) is 9.55 Å². The molecule has 1 aromatic heterocycles. The van der Waals surface area contributed by atoms with Crippen molar-refractivity contribution in [3.8, 4) is 0 Å². The zero-order valence-electron chi connectivity index (χ0n) is 10.8. The standard InChI is InChI=1S/C9H14N3O9P/c10-6-2(8(15)16)11-1-12(6)7-4(14)3(13)5(21-7)9(17)22(18,19)20/h1,3-5,7,9,13-14,17H,10H2,(H,15,16)(H2,18,19,20)/t3-,4+,5-,7?,9?/m0/s1. The van der Waals surface area contributed by atoms with Gasteiger partial charge in [-0.05, 0) is 0 Å². The smallest absolute Gasteiger partial charge is 0.358 e. The normalized spacial score (nSPS) is 30.4. The number of rotatable bonds is 4. The minimum atomic E-state index is -5.00. The lowest BCUT2D eigenvalue weighted by molar-refractivity contribution is -0.0669. The van der Waals surface area contributed by atoms with Crippen LogP contribution in [0.4, 0.5) is 5.82 Å². The maximum Gasteiger partial charge on any atom is 0.358 e. The van der Waals surface area contributed by atoms with Crippen LogP contribution in [0.1, 0.15) is 16.7 Å². The number of anilines is 1. The summed E-state index contributed by atoms with van der Waals surface area (Å²) in [5.74, 6) is -4.20. The molecule has 1 aromatic rings. The van der Waals surface area contributed by atoms with E-state index in [-0.39, 0.29) is 0 Å². The highest BCUT2D eigenvalue weighted by Gasteiger charge is 2.51. The van der Waals surface area contributed by atoms with E-state index in [4.69, 9.17) is 25.4 Å². The fraction of sp³-hybridized carbons (Fsp3) is 0.556. The number of aliphatic hydroxyl groups is 3. The van der Waals surface area contributed by atoms with Crippen LogP contribution in [-0.2, 0) is 9.30 Å². The largest absolute Gasteiger partial charge is 0.476 e. The van der Waals surface area contributed by atoms with Crippen LogP contribution in [0.3, 0.4) is 0 Å². The molecule has 1 aliphatic rings. The van der Waals surface area contributed by atoms with E-state index in [2.05, 4.69) is 4.98 Å². The average Bonchev–Trinajstić information content (AvgIpc) is 2.90. The monoisotopic (exact) mass is 339 g/mol. The van der Waals surface area contributed by atoms with E-state index in [1.807, 2.05) is 0 Å². The van der Waals surface area contributed by atoms with E-state index in [9.17, 15) is 24.7 Å². The Morgan fingerprint density at radius 2 is 2.00 bits per heavy atom. The number of carboxylic acid groups (broad SMARTS) is 1. The molecule has 0 bridgehead atoms. The van der Waals surface area contributed by atoms with Gasteiger partial charge in [-0.1, -0.05) is 0 Å². The maximum atomic E-state index is 11.0. The lowest BCUT2D eigenvalue weighted by Gasteiger charge is -2.21. The van der Waals surface area contributed by atoms with Gasteiger partial charge in [0, 0.05) is 0 Å². The van der Waals surface area contributed by atoms with E-state index in [1.54, 1.807) is 0 Å². The number of nitrogen functional groups attached to an aromatic ring is 1. The highest BCUT2D eigenvalue weighted by Crippen LogP contribution is 2.46. The predicted octanol–water partition coefficient (Wildman–Crippen LogP) is -2.72. The molecule has 124 valence electrons. The van der Waals surface area contributed by atoms with Gasteiger partial charge in [-0.15, -0.1) is 0 Å². The van der Waals surface area contributed by atoms with Crippen molar-refractivity contribution >= 4 is 19.4 Å². The van der Waals surface area contributed by atoms with Crippen LogP contribution in [0, 0.1) is 0 Å². The van der Waals surface area contributed by atoms with E-state index in [0.29, 0.717) is 0 Å². The topological polar surface area (TPSA) is 209 Å². The van der Waals surface area contributed by atoms with E-state index < -0.39 is 55.5 Å². The fourth-order valence-corrected chi connectivity index (χ4v) is 2.72. The number of carboxylic acids is 1. The Bertz CT molecular complexity index is 628. The van der Waals surface area contributed by atoms with E-state index >= 15 is 0 Å². The molecule has 2 rings (SSSR count). The third-order valence-corrected chi connectivity index (χ3v) is 4.21. The SMILES string of the molecule is Nc1c(C(=O)O)ncn1C1O[C@H](C(O)P(=O)(O)O)[C@@H](O)[C@H]1O. The first-order valence-corrected chi connectivity index (χ1v) is 7.54. The summed E-state index contributed by atoms with van der Waals surface area (Å²) in [6.07, 6.45) is -5.89. The van der Waals surface area contributed by atoms with Crippen LogP contribution in [0.25, 0.3) is 0 Å². The van der Waals surface area contributed by atoms with Crippen molar-refractivity contribution in [3.63, 3.8) is 0 Å². The van der Waals surface area contributed by atoms with Crippen molar-refractivity contribution in [3.05, 3.63) is 12.0 Å². The number of nitrogens with zero attached hydrogens (tertiary/aromatic N) is 2. The van der Waals surface area contributed by atoms with Gasteiger partial charge in [0.2, 0.25) is 0 Å². The summed E-state index contributed by atoms with van der Waals surface area (Å²) in [5, 5.41) is 38.0. The average molecular weight is 339 g/mol. The zero-order valence-corrected chi connectivity index (χ0v) is 11.7. The Hall–Kier alpha value is -1.53. The van der Waals surface area contributed by atoms with Gasteiger partial charge in [0.1, 0.15) is 24.1 Å². The van der Waals surface area contributed by atoms with Crippen LogP contribution in [0.2, 0.25) is 0 Å². The van der Waals surface area contributed by atoms with Gasteiger partial charge < -0.3 is 40.7 Å². The number of ether oxygens (including phenoxy) is 1. The number of aromatic nitrogens is 2. The molecule has 0 aliphatic carbocycles. The highest BCUT2D eigenvalue weighted by molar-refractivity contribution is 7.52. The summed E-state index contributed by atoms with van der Waals surface area (Å²) >= 11 is 0. The number of carbonyl (C=O) groups is 1. The molecule has 8 N–H and O–H groups in total. The number of hydrogen-bond acceptors (Lipinski definition) is 8. The Morgan fingerprint density at radius 3 is 2.45 bits per heavy atom. The second-order valence-corrected chi connectivity index (χ2v) is 6.37. The van der Waals surface area contributed by atoms with Gasteiger partial charge in [0.15, 0.2) is 17.8 Å². The lowest BCUT2D eigenvalue weighted by Crippen LogP contribution is -2.38. The molecule has 22 heavy (non-hydrogen) atoms.